The normalized spacial score (nSPS) is 10.2. The van der Waals surface area contributed by atoms with Crippen molar-refractivity contribution in [3.8, 4) is 5.75 Å². The Morgan fingerprint density at radius 3 is 3.00 bits per heavy atom. The summed E-state index contributed by atoms with van der Waals surface area (Å²) in [5.74, 6) is 0.376. The molecule has 0 aliphatic heterocycles. The average Bonchev–Trinajstić information content (AvgIpc) is 2.80. The highest BCUT2D eigenvalue weighted by atomic mass is 16.5. The van der Waals surface area contributed by atoms with Crippen LogP contribution in [0.5, 0.6) is 5.75 Å². The van der Waals surface area contributed by atoms with Crippen LogP contribution < -0.4 is 15.8 Å². The minimum Gasteiger partial charge on any atom is -0.484 e. The summed E-state index contributed by atoms with van der Waals surface area (Å²) in [5, 5.41) is 6.88. The second-order valence-electron chi connectivity index (χ2n) is 4.12. The second-order valence-corrected chi connectivity index (χ2v) is 4.12. The number of hydrogen-bond acceptors (Lipinski definition) is 4. The lowest BCUT2D eigenvalue weighted by molar-refractivity contribution is -0.123. The first-order valence-electron chi connectivity index (χ1n) is 5.87. The quantitative estimate of drug-likeness (QED) is 0.775. The number of ether oxygens (including phenoxy) is 1. The molecule has 0 bridgehead atoms. The lowest BCUT2D eigenvalue weighted by atomic mass is 10.3. The number of aryl methyl sites for hydroxylation is 1. The molecule has 0 atom stereocenters. The first-order valence-corrected chi connectivity index (χ1v) is 5.87. The van der Waals surface area contributed by atoms with Crippen molar-refractivity contribution in [3.63, 3.8) is 0 Å². The third-order valence-corrected chi connectivity index (χ3v) is 2.46. The molecule has 0 saturated carbocycles. The molecular formula is C13H16N4O2. The molecule has 0 saturated heterocycles. The van der Waals surface area contributed by atoms with E-state index in [2.05, 4.69) is 10.4 Å². The molecule has 0 unspecified atom stereocenters. The molecule has 6 heteroatoms. The molecule has 100 valence electrons. The molecule has 1 heterocycles. The summed E-state index contributed by atoms with van der Waals surface area (Å²) in [5.41, 5.74) is 7.02. The maximum absolute atomic E-state index is 11.6. The Kier molecular flexibility index (Phi) is 4.02. The number of nitrogens with zero attached hydrogens (tertiary/aromatic N) is 2. The van der Waals surface area contributed by atoms with Crippen LogP contribution in [-0.4, -0.2) is 22.3 Å². The standard InChI is InChI=1S/C13H16N4O2/c1-17-6-5-11(16-17)8-15-13(18)9-19-12-4-2-3-10(14)7-12/h2-7H,8-9,14H2,1H3,(H,15,18). The smallest absolute Gasteiger partial charge is 0.258 e. The fraction of sp³-hybridized carbons (Fsp3) is 0.231. The van der Waals surface area contributed by atoms with Gasteiger partial charge in [-0.25, -0.2) is 0 Å². The maximum atomic E-state index is 11.6. The molecule has 0 fully saturated rings. The lowest BCUT2D eigenvalue weighted by Crippen LogP contribution is -2.28. The van der Waals surface area contributed by atoms with Crippen LogP contribution in [0.25, 0.3) is 0 Å². The zero-order valence-corrected chi connectivity index (χ0v) is 10.7. The van der Waals surface area contributed by atoms with Gasteiger partial charge in [-0.1, -0.05) is 6.07 Å². The summed E-state index contributed by atoms with van der Waals surface area (Å²) in [6, 6.07) is 8.80. The lowest BCUT2D eigenvalue weighted by Gasteiger charge is -2.07. The van der Waals surface area contributed by atoms with Gasteiger partial charge in [0.1, 0.15) is 5.75 Å². The molecule has 19 heavy (non-hydrogen) atoms. The third-order valence-electron chi connectivity index (χ3n) is 2.46. The van der Waals surface area contributed by atoms with Crippen LogP contribution >= 0.6 is 0 Å². The highest BCUT2D eigenvalue weighted by Crippen LogP contribution is 2.13. The number of carbonyl (C=O) groups excluding carboxylic acids is 1. The SMILES string of the molecule is Cn1ccc(CNC(=O)COc2cccc(N)c2)n1. The Morgan fingerprint density at radius 1 is 1.47 bits per heavy atom. The highest BCUT2D eigenvalue weighted by molar-refractivity contribution is 5.77. The van der Waals surface area contributed by atoms with Crippen molar-refractivity contribution in [2.45, 2.75) is 6.54 Å². The molecule has 0 aliphatic carbocycles. The summed E-state index contributed by atoms with van der Waals surface area (Å²) in [4.78, 5) is 11.6. The number of hydrogen-bond donors (Lipinski definition) is 2. The number of anilines is 1. The van der Waals surface area contributed by atoms with Crippen molar-refractivity contribution >= 4 is 11.6 Å². The Bertz CT molecular complexity index is 565. The van der Waals surface area contributed by atoms with E-state index in [4.69, 9.17) is 10.5 Å². The first kappa shape index (κ1) is 12.9. The van der Waals surface area contributed by atoms with E-state index in [1.54, 1.807) is 28.9 Å². The van der Waals surface area contributed by atoms with Crippen molar-refractivity contribution < 1.29 is 9.53 Å². The van der Waals surface area contributed by atoms with Crippen LogP contribution in [0.4, 0.5) is 5.69 Å². The average molecular weight is 260 g/mol. The molecule has 1 aromatic carbocycles. The topological polar surface area (TPSA) is 82.2 Å². The van der Waals surface area contributed by atoms with E-state index in [9.17, 15) is 4.79 Å². The van der Waals surface area contributed by atoms with Crippen molar-refractivity contribution in [1.82, 2.24) is 15.1 Å². The van der Waals surface area contributed by atoms with Gasteiger partial charge >= 0.3 is 0 Å². The second kappa shape index (κ2) is 5.90. The predicted molar refractivity (Wildman–Crippen MR) is 71.4 cm³/mol. The monoisotopic (exact) mass is 260 g/mol. The third kappa shape index (κ3) is 4.02. The highest BCUT2D eigenvalue weighted by Gasteiger charge is 2.04. The van der Waals surface area contributed by atoms with Crippen molar-refractivity contribution in [2.75, 3.05) is 12.3 Å². The van der Waals surface area contributed by atoms with Crippen molar-refractivity contribution in [1.29, 1.82) is 0 Å². The van der Waals surface area contributed by atoms with Gasteiger partial charge in [0.05, 0.1) is 12.2 Å². The van der Waals surface area contributed by atoms with E-state index in [0.29, 0.717) is 18.0 Å². The molecule has 0 spiro atoms. The largest absolute Gasteiger partial charge is 0.484 e. The summed E-state index contributed by atoms with van der Waals surface area (Å²) < 4.78 is 7.01. The van der Waals surface area contributed by atoms with Crippen molar-refractivity contribution in [2.24, 2.45) is 7.05 Å². The van der Waals surface area contributed by atoms with Crippen LogP contribution in [0, 0.1) is 0 Å². The van der Waals surface area contributed by atoms with Crippen LogP contribution in [0.2, 0.25) is 0 Å². The molecule has 1 amide bonds. The molecule has 6 nitrogen and oxygen atoms in total. The van der Waals surface area contributed by atoms with Gasteiger partial charge in [0.15, 0.2) is 6.61 Å². The van der Waals surface area contributed by atoms with Gasteiger partial charge in [-0.05, 0) is 18.2 Å². The number of amides is 1. The minimum absolute atomic E-state index is 0.0454. The van der Waals surface area contributed by atoms with Gasteiger partial charge in [-0.2, -0.15) is 5.10 Å². The van der Waals surface area contributed by atoms with Crippen LogP contribution in [0.1, 0.15) is 5.69 Å². The number of rotatable bonds is 5. The number of nitrogens with one attached hydrogen (secondary N) is 1. The fourth-order valence-corrected chi connectivity index (χ4v) is 1.55. The molecule has 0 radical (unpaired) electrons. The summed E-state index contributed by atoms with van der Waals surface area (Å²) in [6.07, 6.45) is 1.82. The fourth-order valence-electron chi connectivity index (χ4n) is 1.55. The Morgan fingerprint density at radius 2 is 2.32 bits per heavy atom. The summed E-state index contributed by atoms with van der Waals surface area (Å²) in [7, 11) is 1.83. The predicted octanol–water partition coefficient (Wildman–Crippen LogP) is 0.697. The zero-order chi connectivity index (χ0) is 13.7. The Hall–Kier alpha value is -2.50. The Balaban J connectivity index is 1.75. The van der Waals surface area contributed by atoms with E-state index >= 15 is 0 Å². The molecule has 1 aromatic heterocycles. The molecule has 0 aliphatic rings. The van der Waals surface area contributed by atoms with Gasteiger partial charge in [0, 0.05) is 25.0 Å². The van der Waals surface area contributed by atoms with Crippen LogP contribution in [-0.2, 0) is 18.4 Å². The maximum Gasteiger partial charge on any atom is 0.258 e. The number of nitrogen functional groups attached to an aromatic ring is 1. The zero-order valence-electron chi connectivity index (χ0n) is 10.7. The van der Waals surface area contributed by atoms with Crippen LogP contribution in [0.15, 0.2) is 36.5 Å². The molecular weight excluding hydrogens is 244 g/mol. The first-order chi connectivity index (χ1) is 9.13. The van der Waals surface area contributed by atoms with E-state index < -0.39 is 0 Å². The molecule has 2 rings (SSSR count). The van der Waals surface area contributed by atoms with E-state index in [0.717, 1.165) is 5.69 Å². The number of benzene rings is 1. The summed E-state index contributed by atoms with van der Waals surface area (Å²) in [6.45, 7) is 0.344. The minimum atomic E-state index is -0.201. The van der Waals surface area contributed by atoms with Gasteiger partial charge in [0.2, 0.25) is 0 Å². The Labute approximate surface area is 111 Å². The molecule has 2 aromatic rings. The van der Waals surface area contributed by atoms with Crippen molar-refractivity contribution in [3.05, 3.63) is 42.2 Å². The number of carbonyl (C=O) groups is 1. The van der Waals surface area contributed by atoms with Gasteiger partial charge < -0.3 is 15.8 Å². The summed E-state index contributed by atoms with van der Waals surface area (Å²) >= 11 is 0. The van der Waals surface area contributed by atoms with E-state index in [-0.39, 0.29) is 12.5 Å². The van der Waals surface area contributed by atoms with E-state index in [1.807, 2.05) is 19.3 Å². The number of aromatic nitrogens is 2. The van der Waals surface area contributed by atoms with Crippen LogP contribution in [0.3, 0.4) is 0 Å². The van der Waals surface area contributed by atoms with Gasteiger partial charge in [-0.3, -0.25) is 9.48 Å². The molecule has 3 N–H and O–H groups in total. The number of nitrogens with two attached hydrogens (primary N) is 1. The van der Waals surface area contributed by atoms with E-state index in [1.165, 1.54) is 0 Å². The van der Waals surface area contributed by atoms with Gasteiger partial charge in [0.25, 0.3) is 5.91 Å². The van der Waals surface area contributed by atoms with Gasteiger partial charge in [-0.15, -0.1) is 0 Å².